The van der Waals surface area contributed by atoms with Crippen LogP contribution in [0.2, 0.25) is 0 Å². The van der Waals surface area contributed by atoms with E-state index in [-0.39, 0.29) is 33.4 Å². The Kier molecular flexibility index (Phi) is 7.77. The minimum absolute atomic E-state index is 0.0161. The van der Waals surface area contributed by atoms with Crippen LogP contribution in [0.5, 0.6) is 0 Å². The highest BCUT2D eigenvalue weighted by Gasteiger charge is 2.66. The summed E-state index contributed by atoms with van der Waals surface area (Å²) in [5.41, 5.74) is 5.44. The molecule has 10 rings (SSSR count). The van der Waals surface area contributed by atoms with E-state index in [1.54, 1.807) is 6.07 Å². The summed E-state index contributed by atoms with van der Waals surface area (Å²) in [6.07, 6.45) is 10.3. The highest BCUT2D eigenvalue weighted by Crippen LogP contribution is 2.72. The van der Waals surface area contributed by atoms with Crippen molar-refractivity contribution in [2.45, 2.75) is 98.1 Å². The molecule has 11 nitrogen and oxygen atoms in total. The van der Waals surface area contributed by atoms with Gasteiger partial charge in [-0.05, 0) is 119 Å². The third-order valence-electron chi connectivity index (χ3n) is 12.3. The Balaban J connectivity index is 0.999. The number of aromatic carboxylic acids is 1. The summed E-state index contributed by atoms with van der Waals surface area (Å²) in [5, 5.41) is 28.4. The van der Waals surface area contributed by atoms with Crippen molar-refractivity contribution in [1.29, 1.82) is 0 Å². The zero-order valence-electron chi connectivity index (χ0n) is 30.9. The number of halogens is 1. The molecule has 13 heteroatoms. The molecule has 5 heterocycles. The fourth-order valence-electron chi connectivity index (χ4n) is 11.6. The molecule has 4 saturated carbocycles. The molecular weight excluding hydrogens is 692 g/mol. The molecule has 1 aliphatic heterocycles. The van der Waals surface area contributed by atoms with Gasteiger partial charge in [0, 0.05) is 47.6 Å². The Morgan fingerprint density at radius 2 is 1.81 bits per heavy atom. The Morgan fingerprint density at radius 3 is 2.57 bits per heavy atom. The third-order valence-corrected chi connectivity index (χ3v) is 13.2. The number of nitrogens with zero attached hydrogens (tertiary/aromatic N) is 7. The maximum Gasteiger partial charge on any atom is 0.355 e. The molecule has 2 N–H and O–H groups in total. The molecule has 0 amide bonds. The third kappa shape index (κ3) is 5.78. The minimum atomic E-state index is -1.09. The number of carboxylic acid groups (broad SMARTS) is 1. The summed E-state index contributed by atoms with van der Waals surface area (Å²) in [5.74, 6) is 0.356. The van der Waals surface area contributed by atoms with Crippen LogP contribution in [-0.4, -0.2) is 59.8 Å². The molecule has 53 heavy (non-hydrogen) atoms. The number of anilines is 4. The number of hydrogen-bond donors (Lipinski definition) is 2. The van der Waals surface area contributed by atoms with E-state index in [2.05, 4.69) is 46.0 Å². The number of aromatic nitrogens is 6. The van der Waals surface area contributed by atoms with Gasteiger partial charge in [0.05, 0.1) is 22.0 Å². The van der Waals surface area contributed by atoms with Crippen LogP contribution >= 0.6 is 11.3 Å². The van der Waals surface area contributed by atoms with Crippen molar-refractivity contribution in [3.8, 4) is 11.1 Å². The van der Waals surface area contributed by atoms with Gasteiger partial charge in [0.25, 0.3) is 0 Å². The van der Waals surface area contributed by atoms with Crippen molar-refractivity contribution in [2.75, 3.05) is 23.4 Å². The Labute approximate surface area is 312 Å². The van der Waals surface area contributed by atoms with Crippen LogP contribution in [0.4, 0.5) is 27.0 Å². The number of carbonyl (C=O) groups is 1. The maximum atomic E-state index is 13.8. The number of ether oxygens (including phenoxy) is 1. The molecule has 1 aromatic carbocycles. The lowest BCUT2D eigenvalue weighted by Gasteiger charge is -2.69. The monoisotopic (exact) mass is 736 g/mol. The van der Waals surface area contributed by atoms with E-state index < -0.39 is 5.97 Å². The smallest absolute Gasteiger partial charge is 0.355 e. The molecule has 4 aliphatic carbocycles. The molecule has 0 spiro atoms. The van der Waals surface area contributed by atoms with Gasteiger partial charge in [-0.1, -0.05) is 25.2 Å². The fraction of sp³-hybridized carbons (Fsp3) is 0.500. The molecule has 276 valence electrons. The SMILES string of the molecule is CCOC12CC3(C)CC(C)(CC(Cn4ncc(-c5ccc(N6CCCc7c6nnc(Nc6nc8ccc(F)cc8s6)c7C)nc5C(=O)O)c4C)(C3)C1)C2. The van der Waals surface area contributed by atoms with Gasteiger partial charge in [-0.2, -0.15) is 5.10 Å². The lowest BCUT2D eigenvalue weighted by molar-refractivity contribution is -0.246. The van der Waals surface area contributed by atoms with Gasteiger partial charge < -0.3 is 20.1 Å². The second kappa shape index (κ2) is 12.0. The van der Waals surface area contributed by atoms with Crippen LogP contribution in [0.15, 0.2) is 36.5 Å². The first-order valence-electron chi connectivity index (χ1n) is 18.7. The van der Waals surface area contributed by atoms with E-state index in [1.165, 1.54) is 29.9 Å². The average molecular weight is 737 g/mol. The molecule has 2 unspecified atom stereocenters. The van der Waals surface area contributed by atoms with Crippen LogP contribution in [-0.2, 0) is 17.7 Å². The highest BCUT2D eigenvalue weighted by atomic mass is 32.1. The fourth-order valence-corrected chi connectivity index (χ4v) is 12.5. The number of thiazole rings is 1. The molecule has 0 saturated heterocycles. The Morgan fingerprint density at radius 1 is 1.02 bits per heavy atom. The number of nitrogens with one attached hydrogen (secondary N) is 1. The van der Waals surface area contributed by atoms with Crippen molar-refractivity contribution >= 4 is 50.1 Å². The van der Waals surface area contributed by atoms with E-state index >= 15 is 0 Å². The van der Waals surface area contributed by atoms with Gasteiger partial charge in [0.2, 0.25) is 0 Å². The molecule has 5 aromatic rings. The van der Waals surface area contributed by atoms with Crippen molar-refractivity contribution in [1.82, 2.24) is 29.9 Å². The molecule has 4 fully saturated rings. The summed E-state index contributed by atoms with van der Waals surface area (Å²) < 4.78 is 23.2. The van der Waals surface area contributed by atoms with Gasteiger partial charge in [0.1, 0.15) is 11.6 Å². The quantitative estimate of drug-likeness (QED) is 0.151. The van der Waals surface area contributed by atoms with E-state index in [0.717, 1.165) is 85.2 Å². The minimum Gasteiger partial charge on any atom is -0.476 e. The normalized spacial score (nSPS) is 27.4. The summed E-state index contributed by atoms with van der Waals surface area (Å²) in [6, 6.07) is 8.27. The van der Waals surface area contributed by atoms with Crippen LogP contribution in [0.25, 0.3) is 21.3 Å². The van der Waals surface area contributed by atoms with Crippen molar-refractivity contribution < 1.29 is 19.0 Å². The first-order chi connectivity index (χ1) is 25.3. The van der Waals surface area contributed by atoms with E-state index in [0.29, 0.717) is 40.2 Å². The van der Waals surface area contributed by atoms with Gasteiger partial charge in [-0.15, -0.1) is 10.2 Å². The maximum absolute atomic E-state index is 13.8. The predicted octanol–water partition coefficient (Wildman–Crippen LogP) is 8.78. The number of pyridine rings is 1. The lowest BCUT2D eigenvalue weighted by atomic mass is 9.39. The van der Waals surface area contributed by atoms with Crippen LogP contribution in [0.1, 0.15) is 93.0 Å². The number of fused-ring (bicyclic) bond motifs is 2. The summed E-state index contributed by atoms with van der Waals surface area (Å²) in [4.78, 5) is 24.1. The van der Waals surface area contributed by atoms with Crippen LogP contribution in [0.3, 0.4) is 0 Å². The first kappa shape index (κ1) is 34.3. The summed E-state index contributed by atoms with van der Waals surface area (Å²) >= 11 is 1.35. The van der Waals surface area contributed by atoms with Gasteiger partial charge >= 0.3 is 5.97 Å². The summed E-state index contributed by atoms with van der Waals surface area (Å²) in [7, 11) is 0. The number of rotatable bonds is 9. The molecule has 4 bridgehead atoms. The first-order valence-corrected chi connectivity index (χ1v) is 19.5. The standard InChI is InChI=1S/C40H45FN8O3S/c1-6-52-40-19-37(4)16-38(5,20-40)18-39(17-37,21-40)22-49-24(3)28(15-42-49)27-10-12-31(44-32(27)35(50)51)48-13-7-8-26-23(2)33(46-47-34(26)48)45-36-43-29-11-9-25(41)14-30(29)53-36/h9-12,14-15H,6-8,13,16-22H2,1-5H3,(H,50,51)(H,43,45,46). The molecule has 5 aliphatic rings. The number of benzene rings is 1. The summed E-state index contributed by atoms with van der Waals surface area (Å²) in [6.45, 7) is 13.2. The predicted molar refractivity (Wildman–Crippen MR) is 203 cm³/mol. The van der Waals surface area contributed by atoms with Crippen LogP contribution in [0, 0.1) is 35.9 Å². The van der Waals surface area contributed by atoms with E-state index in [4.69, 9.17) is 14.8 Å². The zero-order valence-corrected chi connectivity index (χ0v) is 31.7. The lowest BCUT2D eigenvalue weighted by Crippen LogP contribution is -2.64. The molecule has 2 atom stereocenters. The van der Waals surface area contributed by atoms with Crippen LogP contribution < -0.4 is 10.2 Å². The number of carboxylic acids is 1. The van der Waals surface area contributed by atoms with Crippen molar-refractivity contribution in [2.24, 2.45) is 16.2 Å². The van der Waals surface area contributed by atoms with Gasteiger partial charge in [-0.3, -0.25) is 4.68 Å². The van der Waals surface area contributed by atoms with Crippen molar-refractivity contribution in [3.63, 3.8) is 0 Å². The molecular formula is C40H45FN8O3S. The topological polar surface area (TPSA) is 131 Å². The van der Waals surface area contributed by atoms with Gasteiger partial charge in [0.15, 0.2) is 22.5 Å². The molecule has 4 aromatic heterocycles. The molecule has 0 radical (unpaired) electrons. The van der Waals surface area contributed by atoms with Gasteiger partial charge in [-0.25, -0.2) is 19.2 Å². The van der Waals surface area contributed by atoms with Crippen molar-refractivity contribution in [3.05, 3.63) is 64.9 Å². The Hall–Kier alpha value is -4.49. The zero-order chi connectivity index (χ0) is 36.9. The average Bonchev–Trinajstić information content (AvgIpc) is 3.65. The largest absolute Gasteiger partial charge is 0.476 e. The second-order valence-corrected chi connectivity index (χ2v) is 18.0. The second-order valence-electron chi connectivity index (χ2n) is 17.0. The Bertz CT molecular complexity index is 2280. The van der Waals surface area contributed by atoms with E-state index in [9.17, 15) is 14.3 Å². The highest BCUT2D eigenvalue weighted by molar-refractivity contribution is 7.22. The number of hydrogen-bond acceptors (Lipinski definition) is 10. The van der Waals surface area contributed by atoms with E-state index in [1.807, 2.05) is 37.1 Å².